The minimum atomic E-state index is 0.680. The number of nitrogens with one attached hydrogen (secondary N) is 1. The van der Waals surface area contributed by atoms with Gasteiger partial charge in [-0.25, -0.2) is 4.98 Å². The largest absolute Gasteiger partial charge is 0.335 e. The molecule has 3 nitrogen and oxygen atoms in total. The van der Waals surface area contributed by atoms with Crippen molar-refractivity contribution in [2.24, 2.45) is 5.92 Å². The Hall–Kier alpha value is -0.830. The molecular formula is C14H25N3. The fourth-order valence-corrected chi connectivity index (χ4v) is 3.06. The van der Waals surface area contributed by atoms with Crippen molar-refractivity contribution in [3.8, 4) is 0 Å². The van der Waals surface area contributed by atoms with Crippen LogP contribution in [-0.2, 0) is 13.0 Å². The van der Waals surface area contributed by atoms with Gasteiger partial charge < -0.3 is 9.88 Å². The van der Waals surface area contributed by atoms with Crippen LogP contribution in [0.1, 0.15) is 44.9 Å². The molecule has 0 saturated heterocycles. The molecule has 1 N–H and O–H groups in total. The summed E-state index contributed by atoms with van der Waals surface area (Å²) in [5, 5.41) is 3.51. The van der Waals surface area contributed by atoms with Gasteiger partial charge in [-0.05, 0) is 32.7 Å². The molecule has 1 aliphatic rings. The maximum absolute atomic E-state index is 4.52. The van der Waals surface area contributed by atoms with E-state index in [4.69, 9.17) is 0 Å². The molecule has 1 aromatic rings. The van der Waals surface area contributed by atoms with Crippen molar-refractivity contribution in [3.05, 3.63) is 18.2 Å². The van der Waals surface area contributed by atoms with Crippen LogP contribution in [0, 0.1) is 5.92 Å². The van der Waals surface area contributed by atoms with Gasteiger partial charge >= 0.3 is 0 Å². The number of aryl methyl sites for hydroxylation is 1. The van der Waals surface area contributed by atoms with E-state index < -0.39 is 0 Å². The van der Waals surface area contributed by atoms with Crippen LogP contribution in [0.3, 0.4) is 0 Å². The zero-order valence-corrected chi connectivity index (χ0v) is 11.2. The molecule has 1 heterocycles. The van der Waals surface area contributed by atoms with Gasteiger partial charge in [-0.2, -0.15) is 0 Å². The van der Waals surface area contributed by atoms with Crippen LogP contribution in [0.5, 0.6) is 0 Å². The number of aromatic nitrogens is 2. The second-order valence-electron chi connectivity index (χ2n) is 5.13. The van der Waals surface area contributed by atoms with Crippen LogP contribution in [-0.4, -0.2) is 22.6 Å². The Morgan fingerprint density at radius 2 is 2.18 bits per heavy atom. The van der Waals surface area contributed by atoms with E-state index in [1.54, 1.807) is 0 Å². The minimum absolute atomic E-state index is 0.680. The summed E-state index contributed by atoms with van der Waals surface area (Å²) in [7, 11) is 2.11. The number of imidazole rings is 1. The SMILES string of the molecule is CCn1ccnc1CC1CCCCCC1NC. The Labute approximate surface area is 105 Å². The molecule has 2 rings (SSSR count). The molecule has 0 aliphatic heterocycles. The van der Waals surface area contributed by atoms with Crippen LogP contribution in [0.15, 0.2) is 12.4 Å². The molecule has 17 heavy (non-hydrogen) atoms. The van der Waals surface area contributed by atoms with Gasteiger partial charge in [-0.15, -0.1) is 0 Å². The van der Waals surface area contributed by atoms with Crippen LogP contribution in [0.4, 0.5) is 0 Å². The molecule has 3 heteroatoms. The fourth-order valence-electron chi connectivity index (χ4n) is 3.06. The Morgan fingerprint density at radius 1 is 1.35 bits per heavy atom. The second-order valence-corrected chi connectivity index (χ2v) is 5.13. The normalized spacial score (nSPS) is 25.8. The summed E-state index contributed by atoms with van der Waals surface area (Å²) in [6.07, 6.45) is 12.0. The number of rotatable bonds is 4. The van der Waals surface area contributed by atoms with Gasteiger partial charge in [0.05, 0.1) is 0 Å². The second kappa shape index (κ2) is 6.20. The molecule has 0 spiro atoms. The molecule has 96 valence electrons. The number of hydrogen-bond donors (Lipinski definition) is 1. The van der Waals surface area contributed by atoms with E-state index in [0.717, 1.165) is 18.9 Å². The molecule has 2 atom stereocenters. The molecule has 0 amide bonds. The lowest BCUT2D eigenvalue weighted by molar-refractivity contribution is 0.341. The summed E-state index contributed by atoms with van der Waals surface area (Å²) in [5.74, 6) is 2.02. The molecule has 1 aliphatic carbocycles. The highest BCUT2D eigenvalue weighted by atomic mass is 15.1. The van der Waals surface area contributed by atoms with E-state index in [1.807, 2.05) is 6.20 Å². The fraction of sp³-hybridized carbons (Fsp3) is 0.786. The van der Waals surface area contributed by atoms with Crippen molar-refractivity contribution in [3.63, 3.8) is 0 Å². The Kier molecular flexibility index (Phi) is 4.60. The summed E-state index contributed by atoms with van der Waals surface area (Å²) >= 11 is 0. The van der Waals surface area contributed by atoms with Crippen molar-refractivity contribution in [1.29, 1.82) is 0 Å². The molecule has 0 radical (unpaired) electrons. The summed E-state index contributed by atoms with van der Waals surface area (Å²) in [6.45, 7) is 3.22. The predicted octanol–water partition coefficient (Wildman–Crippen LogP) is 2.61. The first-order valence-electron chi connectivity index (χ1n) is 7.02. The predicted molar refractivity (Wildman–Crippen MR) is 71.0 cm³/mol. The van der Waals surface area contributed by atoms with Crippen molar-refractivity contribution in [1.82, 2.24) is 14.9 Å². The first-order valence-corrected chi connectivity index (χ1v) is 7.02. The monoisotopic (exact) mass is 235 g/mol. The quantitative estimate of drug-likeness (QED) is 0.813. The lowest BCUT2D eigenvalue weighted by Crippen LogP contribution is -2.34. The summed E-state index contributed by atoms with van der Waals surface area (Å²) in [4.78, 5) is 4.52. The minimum Gasteiger partial charge on any atom is -0.335 e. The highest BCUT2D eigenvalue weighted by Gasteiger charge is 2.23. The maximum atomic E-state index is 4.52. The third-order valence-corrected chi connectivity index (χ3v) is 4.12. The van der Waals surface area contributed by atoms with Gasteiger partial charge in [-0.3, -0.25) is 0 Å². The van der Waals surface area contributed by atoms with Gasteiger partial charge in [0.15, 0.2) is 0 Å². The summed E-state index contributed by atoms with van der Waals surface area (Å²) in [5.41, 5.74) is 0. The van der Waals surface area contributed by atoms with Crippen LogP contribution in [0.2, 0.25) is 0 Å². The van der Waals surface area contributed by atoms with E-state index in [1.165, 1.54) is 37.9 Å². The van der Waals surface area contributed by atoms with Crippen LogP contribution in [0.25, 0.3) is 0 Å². The number of nitrogens with zero attached hydrogens (tertiary/aromatic N) is 2. The zero-order chi connectivity index (χ0) is 12.1. The Balaban J connectivity index is 2.04. The van der Waals surface area contributed by atoms with Crippen molar-refractivity contribution in [2.45, 2.75) is 58.0 Å². The van der Waals surface area contributed by atoms with Crippen LogP contribution >= 0.6 is 0 Å². The molecule has 1 saturated carbocycles. The van der Waals surface area contributed by atoms with E-state index in [0.29, 0.717) is 6.04 Å². The van der Waals surface area contributed by atoms with E-state index >= 15 is 0 Å². The first kappa shape index (κ1) is 12.6. The summed E-state index contributed by atoms with van der Waals surface area (Å²) in [6, 6.07) is 0.680. The molecule has 2 unspecified atom stereocenters. The molecule has 0 bridgehead atoms. The van der Waals surface area contributed by atoms with E-state index in [-0.39, 0.29) is 0 Å². The summed E-state index contributed by atoms with van der Waals surface area (Å²) < 4.78 is 2.28. The Bertz CT molecular complexity index is 332. The van der Waals surface area contributed by atoms with Gasteiger partial charge in [0.2, 0.25) is 0 Å². The average molecular weight is 235 g/mol. The number of hydrogen-bond acceptors (Lipinski definition) is 2. The van der Waals surface area contributed by atoms with Gasteiger partial charge in [0.1, 0.15) is 5.82 Å². The zero-order valence-electron chi connectivity index (χ0n) is 11.2. The standard InChI is InChI=1S/C14H25N3/c1-3-17-10-9-16-14(17)11-12-7-5-4-6-8-13(12)15-2/h9-10,12-13,15H,3-8,11H2,1-2H3. The van der Waals surface area contributed by atoms with Crippen LogP contribution < -0.4 is 5.32 Å². The molecule has 1 fully saturated rings. The highest BCUT2D eigenvalue weighted by Crippen LogP contribution is 2.26. The smallest absolute Gasteiger partial charge is 0.108 e. The van der Waals surface area contributed by atoms with E-state index in [2.05, 4.69) is 35.0 Å². The van der Waals surface area contributed by atoms with Crippen molar-refractivity contribution in [2.75, 3.05) is 7.05 Å². The topological polar surface area (TPSA) is 29.9 Å². The lowest BCUT2D eigenvalue weighted by atomic mass is 9.91. The molecule has 1 aromatic heterocycles. The lowest BCUT2D eigenvalue weighted by Gasteiger charge is -2.24. The van der Waals surface area contributed by atoms with Gasteiger partial charge in [0, 0.05) is 31.4 Å². The van der Waals surface area contributed by atoms with Crippen molar-refractivity contribution >= 4 is 0 Å². The Morgan fingerprint density at radius 3 is 2.94 bits per heavy atom. The van der Waals surface area contributed by atoms with Gasteiger partial charge in [0.25, 0.3) is 0 Å². The molecule has 0 aromatic carbocycles. The van der Waals surface area contributed by atoms with E-state index in [9.17, 15) is 0 Å². The third-order valence-electron chi connectivity index (χ3n) is 4.12. The highest BCUT2D eigenvalue weighted by molar-refractivity contribution is 4.96. The van der Waals surface area contributed by atoms with Gasteiger partial charge in [-0.1, -0.05) is 19.3 Å². The van der Waals surface area contributed by atoms with Crippen molar-refractivity contribution < 1.29 is 0 Å². The maximum Gasteiger partial charge on any atom is 0.108 e. The molecular weight excluding hydrogens is 210 g/mol. The first-order chi connectivity index (χ1) is 8.35. The average Bonchev–Trinajstić information content (AvgIpc) is 2.67. The third kappa shape index (κ3) is 3.09.